The zero-order valence-corrected chi connectivity index (χ0v) is 12.7. The van der Waals surface area contributed by atoms with Gasteiger partial charge in [-0.3, -0.25) is 9.48 Å². The number of rotatable bonds is 7. The third-order valence-electron chi connectivity index (χ3n) is 3.08. The van der Waals surface area contributed by atoms with Crippen molar-refractivity contribution in [2.24, 2.45) is 5.92 Å². The highest BCUT2D eigenvalue weighted by Crippen LogP contribution is 2.08. The first kappa shape index (κ1) is 15.7. The van der Waals surface area contributed by atoms with E-state index in [1.807, 2.05) is 10.7 Å². The topological polar surface area (TPSA) is 50.2 Å². The Morgan fingerprint density at radius 2 is 2.16 bits per heavy atom. The predicted octanol–water partition coefficient (Wildman–Crippen LogP) is 1.50. The van der Waals surface area contributed by atoms with Crippen LogP contribution in [0.1, 0.15) is 32.9 Å². The van der Waals surface area contributed by atoms with E-state index in [1.54, 1.807) is 25.2 Å². The number of amides is 1. The van der Waals surface area contributed by atoms with Crippen molar-refractivity contribution in [2.75, 3.05) is 14.1 Å². The summed E-state index contributed by atoms with van der Waals surface area (Å²) in [5, 5.41) is 7.59. The molecule has 5 nitrogen and oxygen atoms in total. The highest BCUT2D eigenvalue weighted by molar-refractivity contribution is 5.81. The molecule has 0 bridgehead atoms. The zero-order valence-electron chi connectivity index (χ0n) is 12.7. The lowest BCUT2D eigenvalue weighted by Crippen LogP contribution is -2.44. The number of nitrogens with one attached hydrogen (secondary N) is 1. The highest BCUT2D eigenvalue weighted by Gasteiger charge is 2.21. The standard InChI is InChI=1S/C14H26N4O/c1-6-18-12(7-8-16-18)10-15-13(9-11(2)3)14(19)17(4)5/h7-8,11,13,15H,6,9-10H2,1-5H3. The van der Waals surface area contributed by atoms with Gasteiger partial charge in [0.15, 0.2) is 0 Å². The van der Waals surface area contributed by atoms with E-state index in [0.717, 1.165) is 18.7 Å². The van der Waals surface area contributed by atoms with Gasteiger partial charge in [0.05, 0.1) is 11.7 Å². The van der Waals surface area contributed by atoms with Crippen molar-refractivity contribution in [3.05, 3.63) is 18.0 Å². The van der Waals surface area contributed by atoms with Gasteiger partial charge < -0.3 is 10.2 Å². The maximum Gasteiger partial charge on any atom is 0.239 e. The fourth-order valence-corrected chi connectivity index (χ4v) is 2.08. The number of hydrogen-bond acceptors (Lipinski definition) is 3. The minimum atomic E-state index is -0.129. The van der Waals surface area contributed by atoms with Crippen LogP contribution in [-0.2, 0) is 17.9 Å². The largest absolute Gasteiger partial charge is 0.347 e. The summed E-state index contributed by atoms with van der Waals surface area (Å²) in [6.07, 6.45) is 2.64. The van der Waals surface area contributed by atoms with Gasteiger partial charge in [0, 0.05) is 33.4 Å². The molecule has 0 saturated carbocycles. The van der Waals surface area contributed by atoms with Crippen LogP contribution in [0.25, 0.3) is 0 Å². The second-order valence-electron chi connectivity index (χ2n) is 5.43. The van der Waals surface area contributed by atoms with Gasteiger partial charge in [0.25, 0.3) is 0 Å². The van der Waals surface area contributed by atoms with E-state index in [4.69, 9.17) is 0 Å². The molecule has 1 aromatic rings. The molecule has 1 atom stereocenters. The van der Waals surface area contributed by atoms with Crippen LogP contribution in [-0.4, -0.2) is 40.7 Å². The molecule has 1 rings (SSSR count). The Balaban J connectivity index is 2.65. The van der Waals surface area contributed by atoms with E-state index in [2.05, 4.69) is 31.2 Å². The second kappa shape index (κ2) is 7.28. The summed E-state index contributed by atoms with van der Waals surface area (Å²) < 4.78 is 1.94. The van der Waals surface area contributed by atoms with Gasteiger partial charge >= 0.3 is 0 Å². The molecule has 1 N–H and O–H groups in total. The molecule has 5 heteroatoms. The lowest BCUT2D eigenvalue weighted by atomic mass is 10.0. The molecule has 1 heterocycles. The van der Waals surface area contributed by atoms with E-state index in [-0.39, 0.29) is 11.9 Å². The SMILES string of the molecule is CCn1nccc1CNC(CC(C)C)C(=O)N(C)C. The van der Waals surface area contributed by atoms with Crippen LogP contribution < -0.4 is 5.32 Å². The third-order valence-corrected chi connectivity index (χ3v) is 3.08. The number of nitrogens with zero attached hydrogens (tertiary/aromatic N) is 3. The second-order valence-corrected chi connectivity index (χ2v) is 5.43. The van der Waals surface area contributed by atoms with Gasteiger partial charge in [0.2, 0.25) is 5.91 Å². The van der Waals surface area contributed by atoms with Gasteiger partial charge in [-0.05, 0) is 25.3 Å². The van der Waals surface area contributed by atoms with Crippen LogP contribution in [0.5, 0.6) is 0 Å². The normalized spacial score (nSPS) is 12.7. The third kappa shape index (κ3) is 4.67. The van der Waals surface area contributed by atoms with Crippen LogP contribution in [0.15, 0.2) is 12.3 Å². The molecule has 1 amide bonds. The molecule has 0 spiro atoms. The van der Waals surface area contributed by atoms with E-state index in [1.165, 1.54) is 0 Å². The first-order chi connectivity index (χ1) is 8.95. The first-order valence-electron chi connectivity index (χ1n) is 6.90. The molecule has 19 heavy (non-hydrogen) atoms. The van der Waals surface area contributed by atoms with Gasteiger partial charge in [-0.15, -0.1) is 0 Å². The Kier molecular flexibility index (Phi) is 6.02. The zero-order chi connectivity index (χ0) is 14.4. The summed E-state index contributed by atoms with van der Waals surface area (Å²) in [7, 11) is 3.60. The van der Waals surface area contributed by atoms with Gasteiger partial charge in [-0.25, -0.2) is 0 Å². The first-order valence-corrected chi connectivity index (χ1v) is 6.90. The summed E-state index contributed by atoms with van der Waals surface area (Å²) in [4.78, 5) is 13.8. The van der Waals surface area contributed by atoms with Crippen molar-refractivity contribution in [3.63, 3.8) is 0 Å². The quantitative estimate of drug-likeness (QED) is 0.813. The average Bonchev–Trinajstić information content (AvgIpc) is 2.80. The maximum absolute atomic E-state index is 12.1. The number of likely N-dealkylation sites (N-methyl/N-ethyl adjacent to an activating group) is 1. The fraction of sp³-hybridized carbons (Fsp3) is 0.714. The molecule has 0 aliphatic heterocycles. The molecular weight excluding hydrogens is 240 g/mol. The molecule has 108 valence electrons. The van der Waals surface area contributed by atoms with E-state index >= 15 is 0 Å². The van der Waals surface area contributed by atoms with E-state index < -0.39 is 0 Å². The minimum absolute atomic E-state index is 0.129. The van der Waals surface area contributed by atoms with Gasteiger partial charge in [-0.1, -0.05) is 13.8 Å². The summed E-state index contributed by atoms with van der Waals surface area (Å²) in [5.74, 6) is 0.619. The van der Waals surface area contributed by atoms with E-state index in [9.17, 15) is 4.79 Å². The maximum atomic E-state index is 12.1. The summed E-state index contributed by atoms with van der Waals surface area (Å²) in [5.41, 5.74) is 1.11. The molecule has 1 unspecified atom stereocenters. The van der Waals surface area contributed by atoms with Crippen LogP contribution in [0.2, 0.25) is 0 Å². The number of hydrogen-bond donors (Lipinski definition) is 1. The Bertz CT molecular complexity index is 398. The van der Waals surface area contributed by atoms with Crippen molar-refractivity contribution in [2.45, 2.75) is 46.3 Å². The van der Waals surface area contributed by atoms with Crippen LogP contribution in [0.3, 0.4) is 0 Å². The van der Waals surface area contributed by atoms with Crippen molar-refractivity contribution < 1.29 is 4.79 Å². The number of aryl methyl sites for hydroxylation is 1. The van der Waals surface area contributed by atoms with Crippen molar-refractivity contribution in [1.82, 2.24) is 20.0 Å². The number of carbonyl (C=O) groups excluding carboxylic acids is 1. The smallest absolute Gasteiger partial charge is 0.239 e. The molecule has 0 aliphatic carbocycles. The van der Waals surface area contributed by atoms with Crippen molar-refractivity contribution in [3.8, 4) is 0 Å². The summed E-state index contributed by atoms with van der Waals surface area (Å²) in [6.45, 7) is 7.85. The monoisotopic (exact) mass is 266 g/mol. The molecule has 0 radical (unpaired) electrons. The van der Waals surface area contributed by atoms with Crippen LogP contribution >= 0.6 is 0 Å². The highest BCUT2D eigenvalue weighted by atomic mass is 16.2. The van der Waals surface area contributed by atoms with Crippen LogP contribution in [0.4, 0.5) is 0 Å². The molecule has 0 aromatic carbocycles. The molecule has 0 aliphatic rings. The van der Waals surface area contributed by atoms with Crippen LogP contribution in [0, 0.1) is 5.92 Å². The van der Waals surface area contributed by atoms with Crippen molar-refractivity contribution >= 4 is 5.91 Å². The van der Waals surface area contributed by atoms with E-state index in [0.29, 0.717) is 12.5 Å². The van der Waals surface area contributed by atoms with Gasteiger partial charge in [0.1, 0.15) is 0 Å². The Hall–Kier alpha value is -1.36. The average molecular weight is 266 g/mol. The molecular formula is C14H26N4O. The Morgan fingerprint density at radius 3 is 2.68 bits per heavy atom. The summed E-state index contributed by atoms with van der Waals surface area (Å²) >= 11 is 0. The molecule has 0 fully saturated rings. The Labute approximate surface area is 116 Å². The minimum Gasteiger partial charge on any atom is -0.347 e. The molecule has 1 aromatic heterocycles. The predicted molar refractivity (Wildman–Crippen MR) is 76.7 cm³/mol. The van der Waals surface area contributed by atoms with Gasteiger partial charge in [-0.2, -0.15) is 5.10 Å². The molecule has 0 saturated heterocycles. The fourth-order valence-electron chi connectivity index (χ4n) is 2.08. The summed E-state index contributed by atoms with van der Waals surface area (Å²) in [6, 6.07) is 1.86. The van der Waals surface area contributed by atoms with Crippen molar-refractivity contribution in [1.29, 1.82) is 0 Å². The Morgan fingerprint density at radius 1 is 1.47 bits per heavy atom. The number of aromatic nitrogens is 2. The lowest BCUT2D eigenvalue weighted by Gasteiger charge is -2.23. The lowest BCUT2D eigenvalue weighted by molar-refractivity contribution is -0.131. The number of carbonyl (C=O) groups is 1.